The lowest BCUT2D eigenvalue weighted by molar-refractivity contribution is -0.121. The first-order chi connectivity index (χ1) is 8.93. The topological polar surface area (TPSA) is 38.3 Å². The monoisotopic (exact) mass is 321 g/mol. The minimum atomic E-state index is -1.99. The van der Waals surface area contributed by atoms with E-state index in [4.69, 9.17) is 39.5 Å². The maximum atomic E-state index is 11.5. The van der Waals surface area contributed by atoms with E-state index in [1.165, 1.54) is 6.08 Å². The van der Waals surface area contributed by atoms with Crippen molar-refractivity contribution in [1.29, 1.82) is 0 Å². The summed E-state index contributed by atoms with van der Waals surface area (Å²) in [5.41, 5.74) is 1.04. The molecule has 0 aliphatic heterocycles. The molecule has 0 radical (unpaired) electrons. The first-order valence-electron chi connectivity index (χ1n) is 5.55. The van der Waals surface area contributed by atoms with Crippen LogP contribution in [0.15, 0.2) is 43.0 Å². The number of hydrogen-bond donors (Lipinski definition) is 1. The van der Waals surface area contributed by atoms with E-state index in [-0.39, 0.29) is 6.61 Å². The molecule has 0 heterocycles. The molecule has 19 heavy (non-hydrogen) atoms. The number of halogens is 3. The molecule has 0 spiro atoms. The molecule has 1 rings (SSSR count). The van der Waals surface area contributed by atoms with Crippen molar-refractivity contribution in [1.82, 2.24) is 5.32 Å². The summed E-state index contributed by atoms with van der Waals surface area (Å²) in [5, 5.41) is 2.52. The molecule has 3 nitrogen and oxygen atoms in total. The summed E-state index contributed by atoms with van der Waals surface area (Å²) in [7, 11) is 0. The van der Waals surface area contributed by atoms with Gasteiger partial charge in [-0.2, -0.15) is 0 Å². The first-order valence-corrected chi connectivity index (χ1v) is 6.69. The zero-order valence-corrected chi connectivity index (χ0v) is 12.4. The Bertz CT molecular complexity index is 418. The van der Waals surface area contributed by atoms with Crippen LogP contribution in [-0.4, -0.2) is 22.3 Å². The standard InChI is InChI=1S/C13H14Cl3NO2/c1-2-11(17-12(18)13(14,15)16)9-19-8-10-6-4-3-5-7-10/h2-7,11H,1,8-9H2,(H,17,18). The summed E-state index contributed by atoms with van der Waals surface area (Å²) in [4.78, 5) is 11.5. The number of carbonyl (C=O) groups is 1. The molecule has 0 saturated heterocycles. The number of rotatable bonds is 6. The Balaban J connectivity index is 2.37. The third-order valence-electron chi connectivity index (χ3n) is 2.27. The number of carbonyl (C=O) groups excluding carboxylic acids is 1. The normalized spacial score (nSPS) is 12.8. The molecule has 0 saturated carbocycles. The van der Waals surface area contributed by atoms with Crippen LogP contribution in [0, 0.1) is 0 Å². The average Bonchev–Trinajstić information content (AvgIpc) is 2.37. The summed E-state index contributed by atoms with van der Waals surface area (Å²) in [6.45, 7) is 4.29. The molecule has 1 N–H and O–H groups in total. The van der Waals surface area contributed by atoms with Crippen LogP contribution in [0.25, 0.3) is 0 Å². The highest BCUT2D eigenvalue weighted by Crippen LogP contribution is 2.26. The van der Waals surface area contributed by atoms with E-state index < -0.39 is 15.7 Å². The van der Waals surface area contributed by atoms with Gasteiger partial charge < -0.3 is 10.1 Å². The van der Waals surface area contributed by atoms with E-state index in [1.54, 1.807) is 0 Å². The van der Waals surface area contributed by atoms with Crippen molar-refractivity contribution in [3.63, 3.8) is 0 Å². The van der Waals surface area contributed by atoms with Crippen molar-refractivity contribution in [2.24, 2.45) is 0 Å². The Morgan fingerprint density at radius 2 is 2.00 bits per heavy atom. The van der Waals surface area contributed by atoms with Gasteiger partial charge in [-0.15, -0.1) is 6.58 Å². The van der Waals surface area contributed by atoms with Crippen molar-refractivity contribution in [2.75, 3.05) is 6.61 Å². The van der Waals surface area contributed by atoms with Crippen LogP contribution in [0.5, 0.6) is 0 Å². The third kappa shape index (κ3) is 6.30. The van der Waals surface area contributed by atoms with E-state index in [0.29, 0.717) is 6.61 Å². The predicted molar refractivity (Wildman–Crippen MR) is 78.5 cm³/mol. The fourth-order valence-electron chi connectivity index (χ4n) is 1.30. The van der Waals surface area contributed by atoms with E-state index in [1.807, 2.05) is 30.3 Å². The lowest BCUT2D eigenvalue weighted by Crippen LogP contribution is -2.42. The van der Waals surface area contributed by atoms with Gasteiger partial charge in [0.2, 0.25) is 0 Å². The highest BCUT2D eigenvalue weighted by Gasteiger charge is 2.31. The van der Waals surface area contributed by atoms with Crippen LogP contribution in [0.2, 0.25) is 0 Å². The van der Waals surface area contributed by atoms with Gasteiger partial charge in [-0.05, 0) is 5.56 Å². The average molecular weight is 323 g/mol. The fourth-order valence-corrected chi connectivity index (χ4v) is 1.46. The minimum Gasteiger partial charge on any atom is -0.374 e. The largest absolute Gasteiger partial charge is 0.374 e. The molecule has 0 bridgehead atoms. The van der Waals surface area contributed by atoms with Gasteiger partial charge in [0.05, 0.1) is 19.3 Å². The summed E-state index contributed by atoms with van der Waals surface area (Å²) in [6.07, 6.45) is 1.53. The lowest BCUT2D eigenvalue weighted by Gasteiger charge is -2.18. The molecule has 104 valence electrons. The number of ether oxygens (including phenoxy) is 1. The van der Waals surface area contributed by atoms with Crippen LogP contribution in [0.1, 0.15) is 5.56 Å². The lowest BCUT2D eigenvalue weighted by atomic mass is 10.2. The van der Waals surface area contributed by atoms with E-state index in [9.17, 15) is 4.79 Å². The SMILES string of the molecule is C=CC(COCc1ccccc1)NC(=O)C(Cl)(Cl)Cl. The number of hydrogen-bond acceptors (Lipinski definition) is 2. The molecule has 0 aliphatic carbocycles. The molecule has 0 fully saturated rings. The van der Waals surface area contributed by atoms with Crippen LogP contribution < -0.4 is 5.32 Å². The van der Waals surface area contributed by atoms with Crippen molar-refractivity contribution in [2.45, 2.75) is 16.4 Å². The fraction of sp³-hybridized carbons (Fsp3) is 0.308. The van der Waals surface area contributed by atoms with Gasteiger partial charge in [-0.3, -0.25) is 4.79 Å². The Hall–Kier alpha value is -0.740. The Morgan fingerprint density at radius 3 is 2.53 bits per heavy atom. The molecule has 1 aromatic rings. The highest BCUT2D eigenvalue weighted by molar-refractivity contribution is 6.76. The van der Waals surface area contributed by atoms with Crippen LogP contribution in [0.3, 0.4) is 0 Å². The molecule has 1 unspecified atom stereocenters. The van der Waals surface area contributed by atoms with Crippen molar-refractivity contribution < 1.29 is 9.53 Å². The van der Waals surface area contributed by atoms with Crippen molar-refractivity contribution in [3.8, 4) is 0 Å². The first kappa shape index (κ1) is 16.3. The van der Waals surface area contributed by atoms with Gasteiger partial charge in [0.15, 0.2) is 0 Å². The molecule has 6 heteroatoms. The van der Waals surface area contributed by atoms with E-state index in [0.717, 1.165) is 5.56 Å². The van der Waals surface area contributed by atoms with Crippen LogP contribution in [-0.2, 0) is 16.1 Å². The zero-order chi connectivity index (χ0) is 14.3. The predicted octanol–water partition coefficient (Wildman–Crippen LogP) is 3.24. The molecular formula is C13H14Cl3NO2. The third-order valence-corrected chi connectivity index (χ3v) is 2.78. The van der Waals surface area contributed by atoms with Gasteiger partial charge >= 0.3 is 0 Å². The molecule has 1 aromatic carbocycles. The summed E-state index contributed by atoms with van der Waals surface area (Å²) in [6, 6.07) is 9.26. The Kier molecular flexibility index (Phi) is 6.66. The Labute approximate surface area is 127 Å². The van der Waals surface area contributed by atoms with E-state index in [2.05, 4.69) is 11.9 Å². The van der Waals surface area contributed by atoms with Crippen LogP contribution >= 0.6 is 34.8 Å². The number of alkyl halides is 3. The van der Waals surface area contributed by atoms with Crippen molar-refractivity contribution >= 4 is 40.7 Å². The van der Waals surface area contributed by atoms with Crippen LogP contribution in [0.4, 0.5) is 0 Å². The molecule has 0 aromatic heterocycles. The molecule has 1 amide bonds. The molecule has 1 atom stereocenters. The zero-order valence-electron chi connectivity index (χ0n) is 10.1. The Morgan fingerprint density at radius 1 is 1.37 bits per heavy atom. The second-order valence-electron chi connectivity index (χ2n) is 3.81. The second-order valence-corrected chi connectivity index (χ2v) is 6.10. The van der Waals surface area contributed by atoms with Gasteiger partial charge in [-0.25, -0.2) is 0 Å². The molecular weight excluding hydrogens is 309 g/mol. The summed E-state index contributed by atoms with van der Waals surface area (Å²) in [5.74, 6) is -0.703. The van der Waals surface area contributed by atoms with Gasteiger partial charge in [0, 0.05) is 0 Å². The minimum absolute atomic E-state index is 0.255. The van der Waals surface area contributed by atoms with E-state index >= 15 is 0 Å². The maximum absolute atomic E-state index is 11.5. The highest BCUT2D eigenvalue weighted by atomic mass is 35.6. The van der Waals surface area contributed by atoms with Gasteiger partial charge in [0.25, 0.3) is 9.70 Å². The van der Waals surface area contributed by atoms with Crippen molar-refractivity contribution in [3.05, 3.63) is 48.6 Å². The van der Waals surface area contributed by atoms with Gasteiger partial charge in [0.1, 0.15) is 0 Å². The molecule has 0 aliphatic rings. The summed E-state index contributed by atoms with van der Waals surface area (Å²) < 4.78 is 3.49. The number of nitrogens with one attached hydrogen (secondary N) is 1. The smallest absolute Gasteiger partial charge is 0.272 e. The number of benzene rings is 1. The summed E-state index contributed by atoms with van der Waals surface area (Å²) >= 11 is 16.4. The quantitative estimate of drug-likeness (QED) is 0.645. The maximum Gasteiger partial charge on any atom is 0.272 e. The van der Waals surface area contributed by atoms with Gasteiger partial charge in [-0.1, -0.05) is 71.2 Å². The second kappa shape index (κ2) is 7.75. The number of amides is 1.